The second-order valence-corrected chi connectivity index (χ2v) is 6.90. The lowest BCUT2D eigenvalue weighted by molar-refractivity contribution is 0.0697. The standard InChI is InChI=1S/C14H13BrN2O3S/c1-8-2-3-9(13(18)19)6-11(8)17-14(20)16-7-10-4-5-12(15)21-10/h2-6H,7H2,1H3,(H,18,19)(H2,16,17,20). The molecule has 7 heteroatoms. The topological polar surface area (TPSA) is 78.4 Å². The second kappa shape index (κ2) is 6.73. The Morgan fingerprint density at radius 1 is 1.29 bits per heavy atom. The Bertz CT molecular complexity index is 685. The van der Waals surface area contributed by atoms with Gasteiger partial charge in [-0.25, -0.2) is 9.59 Å². The molecule has 0 saturated carbocycles. The number of halogens is 1. The number of carbonyl (C=O) groups excluding carboxylic acids is 1. The number of anilines is 1. The van der Waals surface area contributed by atoms with Crippen LogP contribution in [0.25, 0.3) is 0 Å². The number of nitrogens with one attached hydrogen (secondary N) is 2. The third-order valence-electron chi connectivity index (χ3n) is 2.78. The number of benzene rings is 1. The number of carboxylic acid groups (broad SMARTS) is 1. The van der Waals surface area contributed by atoms with Gasteiger partial charge in [-0.15, -0.1) is 11.3 Å². The summed E-state index contributed by atoms with van der Waals surface area (Å²) >= 11 is 4.90. The molecule has 2 amide bonds. The van der Waals surface area contributed by atoms with Crippen molar-refractivity contribution in [3.63, 3.8) is 0 Å². The van der Waals surface area contributed by atoms with Gasteiger partial charge in [0.2, 0.25) is 0 Å². The van der Waals surface area contributed by atoms with E-state index in [4.69, 9.17) is 5.11 Å². The highest BCUT2D eigenvalue weighted by Gasteiger charge is 2.09. The zero-order valence-corrected chi connectivity index (χ0v) is 13.5. The SMILES string of the molecule is Cc1ccc(C(=O)O)cc1NC(=O)NCc1ccc(Br)s1. The van der Waals surface area contributed by atoms with Crippen molar-refractivity contribution >= 4 is 45.0 Å². The van der Waals surface area contributed by atoms with Crippen LogP contribution in [0, 0.1) is 6.92 Å². The van der Waals surface area contributed by atoms with Crippen molar-refractivity contribution in [2.45, 2.75) is 13.5 Å². The minimum Gasteiger partial charge on any atom is -0.478 e. The number of carbonyl (C=O) groups is 2. The quantitative estimate of drug-likeness (QED) is 0.766. The van der Waals surface area contributed by atoms with Gasteiger partial charge in [-0.3, -0.25) is 0 Å². The first-order valence-electron chi connectivity index (χ1n) is 6.08. The van der Waals surface area contributed by atoms with E-state index in [0.717, 1.165) is 14.2 Å². The van der Waals surface area contributed by atoms with Crippen LogP contribution in [-0.4, -0.2) is 17.1 Å². The Hall–Kier alpha value is -1.86. The van der Waals surface area contributed by atoms with Gasteiger partial charge in [-0.1, -0.05) is 6.07 Å². The highest BCUT2D eigenvalue weighted by molar-refractivity contribution is 9.11. The van der Waals surface area contributed by atoms with Gasteiger partial charge < -0.3 is 15.7 Å². The molecule has 21 heavy (non-hydrogen) atoms. The summed E-state index contributed by atoms with van der Waals surface area (Å²) < 4.78 is 1.00. The van der Waals surface area contributed by atoms with E-state index >= 15 is 0 Å². The predicted octanol–water partition coefficient (Wildman–Crippen LogP) is 3.84. The molecule has 0 bridgehead atoms. The molecule has 110 valence electrons. The summed E-state index contributed by atoms with van der Waals surface area (Å²) in [5.74, 6) is -1.03. The molecule has 3 N–H and O–H groups in total. The number of aryl methyl sites for hydroxylation is 1. The van der Waals surface area contributed by atoms with E-state index in [1.54, 1.807) is 24.3 Å². The van der Waals surface area contributed by atoms with Gasteiger partial charge in [0.25, 0.3) is 0 Å². The molecule has 5 nitrogen and oxygen atoms in total. The minimum atomic E-state index is -1.03. The van der Waals surface area contributed by atoms with Gasteiger partial charge in [0, 0.05) is 10.6 Å². The van der Waals surface area contributed by atoms with Crippen LogP contribution in [0.3, 0.4) is 0 Å². The first-order chi connectivity index (χ1) is 9.95. The van der Waals surface area contributed by atoms with Gasteiger partial charge in [-0.2, -0.15) is 0 Å². The van der Waals surface area contributed by atoms with Crippen LogP contribution in [-0.2, 0) is 6.54 Å². The third kappa shape index (κ3) is 4.30. The van der Waals surface area contributed by atoms with Gasteiger partial charge in [0.1, 0.15) is 0 Å². The molecule has 0 aliphatic rings. The Labute approximate surface area is 134 Å². The fourth-order valence-electron chi connectivity index (χ4n) is 1.67. The number of rotatable bonds is 4. The second-order valence-electron chi connectivity index (χ2n) is 4.35. The Morgan fingerprint density at radius 3 is 2.67 bits per heavy atom. The molecule has 0 aliphatic carbocycles. The number of hydrogen-bond acceptors (Lipinski definition) is 3. The highest BCUT2D eigenvalue weighted by Crippen LogP contribution is 2.22. The van der Waals surface area contributed by atoms with Crippen LogP contribution in [0.2, 0.25) is 0 Å². The molecule has 0 unspecified atom stereocenters. The van der Waals surface area contributed by atoms with Crippen LogP contribution in [0.1, 0.15) is 20.8 Å². The van der Waals surface area contributed by atoms with Gasteiger partial charge in [0.05, 0.1) is 15.9 Å². The lowest BCUT2D eigenvalue weighted by atomic mass is 10.1. The van der Waals surface area contributed by atoms with Crippen LogP contribution >= 0.6 is 27.3 Å². The molecule has 1 aromatic carbocycles. The van der Waals surface area contributed by atoms with Crippen LogP contribution < -0.4 is 10.6 Å². The summed E-state index contributed by atoms with van der Waals surface area (Å²) in [7, 11) is 0. The number of carboxylic acids is 1. The van der Waals surface area contributed by atoms with Crippen molar-refractivity contribution in [3.05, 3.63) is 50.1 Å². The predicted molar refractivity (Wildman–Crippen MR) is 86.0 cm³/mol. The van der Waals surface area contributed by atoms with E-state index in [-0.39, 0.29) is 11.6 Å². The zero-order chi connectivity index (χ0) is 15.4. The minimum absolute atomic E-state index is 0.137. The third-order valence-corrected chi connectivity index (χ3v) is 4.41. The zero-order valence-electron chi connectivity index (χ0n) is 11.1. The van der Waals surface area contributed by atoms with Crippen LogP contribution in [0.5, 0.6) is 0 Å². The fraction of sp³-hybridized carbons (Fsp3) is 0.143. The number of urea groups is 1. The molecule has 0 aliphatic heterocycles. The molecular formula is C14H13BrN2O3S. The van der Waals surface area contributed by atoms with Crippen molar-refractivity contribution < 1.29 is 14.7 Å². The highest BCUT2D eigenvalue weighted by atomic mass is 79.9. The summed E-state index contributed by atoms with van der Waals surface area (Å²) in [4.78, 5) is 23.8. The summed E-state index contributed by atoms with van der Waals surface area (Å²) in [6.45, 7) is 2.22. The normalized spacial score (nSPS) is 10.2. The van der Waals surface area contributed by atoms with Gasteiger partial charge in [-0.05, 0) is 52.7 Å². The molecule has 0 atom stereocenters. The average Bonchev–Trinajstić information content (AvgIpc) is 2.84. The van der Waals surface area contributed by atoms with Crippen LogP contribution in [0.15, 0.2) is 34.1 Å². The average molecular weight is 369 g/mol. The summed E-state index contributed by atoms with van der Waals surface area (Å²) in [5, 5.41) is 14.3. The van der Waals surface area contributed by atoms with E-state index < -0.39 is 5.97 Å². The number of aromatic carboxylic acids is 1. The molecule has 2 aromatic rings. The van der Waals surface area contributed by atoms with Gasteiger partial charge >= 0.3 is 12.0 Å². The Morgan fingerprint density at radius 2 is 2.05 bits per heavy atom. The number of amides is 2. The molecule has 0 spiro atoms. The molecule has 0 radical (unpaired) electrons. The summed E-state index contributed by atoms with van der Waals surface area (Å²) in [6, 6.07) is 8.08. The first-order valence-corrected chi connectivity index (χ1v) is 7.69. The maximum absolute atomic E-state index is 11.8. The lowest BCUT2D eigenvalue weighted by Crippen LogP contribution is -2.28. The Kier molecular flexibility index (Phi) is 4.98. The number of thiophene rings is 1. The smallest absolute Gasteiger partial charge is 0.335 e. The molecule has 1 aromatic heterocycles. The van der Waals surface area contributed by atoms with Crippen molar-refractivity contribution in [2.75, 3.05) is 5.32 Å². The number of hydrogen-bond donors (Lipinski definition) is 3. The van der Waals surface area contributed by atoms with Crippen molar-refractivity contribution in [1.82, 2.24) is 5.32 Å². The maximum Gasteiger partial charge on any atom is 0.335 e. The van der Waals surface area contributed by atoms with E-state index in [1.165, 1.54) is 12.1 Å². The monoisotopic (exact) mass is 368 g/mol. The Balaban J connectivity index is 1.99. The van der Waals surface area contributed by atoms with Crippen molar-refractivity contribution in [1.29, 1.82) is 0 Å². The van der Waals surface area contributed by atoms with E-state index in [2.05, 4.69) is 26.6 Å². The van der Waals surface area contributed by atoms with E-state index in [0.29, 0.717) is 12.2 Å². The fourth-order valence-corrected chi connectivity index (χ4v) is 3.09. The largest absolute Gasteiger partial charge is 0.478 e. The molecular weight excluding hydrogens is 356 g/mol. The molecule has 0 fully saturated rings. The van der Waals surface area contributed by atoms with Crippen LogP contribution in [0.4, 0.5) is 10.5 Å². The molecule has 0 saturated heterocycles. The van der Waals surface area contributed by atoms with Crippen molar-refractivity contribution in [3.8, 4) is 0 Å². The molecule has 1 heterocycles. The summed E-state index contributed by atoms with van der Waals surface area (Å²) in [6.07, 6.45) is 0. The molecule has 2 rings (SSSR count). The van der Waals surface area contributed by atoms with Crippen molar-refractivity contribution in [2.24, 2.45) is 0 Å². The maximum atomic E-state index is 11.8. The first kappa shape index (κ1) is 15.5. The van der Waals surface area contributed by atoms with E-state index in [1.807, 2.05) is 12.1 Å². The van der Waals surface area contributed by atoms with E-state index in [9.17, 15) is 9.59 Å². The lowest BCUT2D eigenvalue weighted by Gasteiger charge is -2.10. The van der Waals surface area contributed by atoms with Gasteiger partial charge in [0.15, 0.2) is 0 Å². The summed E-state index contributed by atoms with van der Waals surface area (Å²) in [5.41, 5.74) is 1.42.